The van der Waals surface area contributed by atoms with Crippen LogP contribution in [0.1, 0.15) is 5.56 Å². The molecule has 0 aliphatic carbocycles. The second-order valence-corrected chi connectivity index (χ2v) is 6.41. The molecule has 0 atom stereocenters. The maximum atomic E-state index is 14.3. The molecule has 0 bridgehead atoms. The van der Waals surface area contributed by atoms with Crippen LogP contribution in [0.15, 0.2) is 36.4 Å². The first kappa shape index (κ1) is 16.8. The normalized spacial score (nSPS) is 17.1. The van der Waals surface area contributed by atoms with E-state index in [1.165, 1.54) is 29.2 Å². The zero-order valence-electron chi connectivity index (χ0n) is 14.2. The summed E-state index contributed by atoms with van der Waals surface area (Å²) in [5.74, 6) is -0.483. The number of carbonyl (C=O) groups excluding carboxylic acids is 1. The van der Waals surface area contributed by atoms with Crippen LogP contribution in [0.5, 0.6) is 5.75 Å². The summed E-state index contributed by atoms with van der Waals surface area (Å²) in [6, 6.07) is 8.71. The Morgan fingerprint density at radius 3 is 2.42 bits per heavy atom. The molecule has 0 aromatic heterocycles. The van der Waals surface area contributed by atoms with Crippen LogP contribution in [-0.4, -0.2) is 38.7 Å². The molecule has 4 rings (SSSR count). The molecule has 1 fully saturated rings. The zero-order chi connectivity index (χ0) is 18.1. The smallest absolute Gasteiger partial charge is 0.265 e. The Bertz CT molecular complexity index is 820. The van der Waals surface area contributed by atoms with E-state index < -0.39 is 5.82 Å². The van der Waals surface area contributed by atoms with Crippen LogP contribution in [-0.2, 0) is 11.3 Å². The number of halogens is 2. The van der Waals surface area contributed by atoms with Crippen LogP contribution >= 0.6 is 0 Å². The van der Waals surface area contributed by atoms with E-state index in [9.17, 15) is 13.6 Å². The van der Waals surface area contributed by atoms with E-state index in [0.29, 0.717) is 17.1 Å². The first-order chi connectivity index (χ1) is 12.6. The molecule has 2 heterocycles. The van der Waals surface area contributed by atoms with Gasteiger partial charge in [-0.05, 0) is 17.7 Å². The number of piperazine rings is 1. The van der Waals surface area contributed by atoms with E-state index in [2.05, 4.69) is 10.2 Å². The molecule has 1 saturated heterocycles. The van der Waals surface area contributed by atoms with Crippen molar-refractivity contribution in [1.82, 2.24) is 5.32 Å². The second-order valence-electron chi connectivity index (χ2n) is 6.41. The summed E-state index contributed by atoms with van der Waals surface area (Å²) in [5, 5.41) is 3.26. The van der Waals surface area contributed by atoms with Gasteiger partial charge in [-0.1, -0.05) is 12.1 Å². The molecule has 2 aromatic rings. The highest BCUT2D eigenvalue weighted by Crippen LogP contribution is 2.42. The predicted molar refractivity (Wildman–Crippen MR) is 94.6 cm³/mol. The fourth-order valence-electron chi connectivity index (χ4n) is 3.35. The summed E-state index contributed by atoms with van der Waals surface area (Å²) in [6.07, 6.45) is 0. The number of amides is 1. The lowest BCUT2D eigenvalue weighted by Crippen LogP contribution is -2.44. The monoisotopic (exact) mass is 359 g/mol. The van der Waals surface area contributed by atoms with Gasteiger partial charge in [0.2, 0.25) is 0 Å². The molecule has 1 N–H and O–H groups in total. The molecular formula is C19H19F2N3O2. The number of benzene rings is 2. The van der Waals surface area contributed by atoms with Crippen molar-refractivity contribution in [3.8, 4) is 5.75 Å². The number of ether oxygens (including phenoxy) is 1. The Morgan fingerprint density at radius 1 is 1.00 bits per heavy atom. The summed E-state index contributed by atoms with van der Waals surface area (Å²) >= 11 is 0. The van der Waals surface area contributed by atoms with Crippen LogP contribution < -0.4 is 19.9 Å². The van der Waals surface area contributed by atoms with Crippen LogP contribution in [0.3, 0.4) is 0 Å². The Labute approximate surface area is 150 Å². The number of carbonyl (C=O) groups is 1. The third kappa shape index (κ3) is 3.22. The SMILES string of the molecule is O=C1COc2c(N3CCNCC3)cc(F)cc2N1Cc1ccc(F)cc1. The molecule has 2 aliphatic rings. The fourth-order valence-corrected chi connectivity index (χ4v) is 3.35. The van der Waals surface area contributed by atoms with Crippen LogP contribution in [0.4, 0.5) is 20.2 Å². The van der Waals surface area contributed by atoms with Gasteiger partial charge in [-0.15, -0.1) is 0 Å². The molecule has 7 heteroatoms. The molecule has 0 spiro atoms. The van der Waals surface area contributed by atoms with Crippen molar-refractivity contribution >= 4 is 17.3 Å². The van der Waals surface area contributed by atoms with Gasteiger partial charge in [-0.25, -0.2) is 8.78 Å². The van der Waals surface area contributed by atoms with E-state index >= 15 is 0 Å². The maximum Gasteiger partial charge on any atom is 0.265 e. The van der Waals surface area contributed by atoms with E-state index in [4.69, 9.17) is 4.74 Å². The highest BCUT2D eigenvalue weighted by molar-refractivity contribution is 5.99. The molecule has 1 amide bonds. The lowest BCUT2D eigenvalue weighted by Gasteiger charge is -2.35. The number of anilines is 2. The molecule has 26 heavy (non-hydrogen) atoms. The third-order valence-corrected chi connectivity index (χ3v) is 4.66. The van der Waals surface area contributed by atoms with Gasteiger partial charge in [0.05, 0.1) is 17.9 Å². The van der Waals surface area contributed by atoms with E-state index in [1.807, 2.05) is 0 Å². The Hall–Kier alpha value is -2.67. The average Bonchev–Trinajstić information content (AvgIpc) is 2.66. The van der Waals surface area contributed by atoms with Gasteiger partial charge in [-0.2, -0.15) is 0 Å². The van der Waals surface area contributed by atoms with Crippen molar-refractivity contribution in [2.45, 2.75) is 6.54 Å². The molecule has 5 nitrogen and oxygen atoms in total. The van der Waals surface area contributed by atoms with Crippen LogP contribution in [0.2, 0.25) is 0 Å². The largest absolute Gasteiger partial charge is 0.479 e. The summed E-state index contributed by atoms with van der Waals surface area (Å²) < 4.78 is 33.1. The quantitative estimate of drug-likeness (QED) is 0.914. The molecule has 0 unspecified atom stereocenters. The number of rotatable bonds is 3. The van der Waals surface area contributed by atoms with Crippen molar-refractivity contribution in [2.75, 3.05) is 42.6 Å². The predicted octanol–water partition coefficient (Wildman–Crippen LogP) is 2.30. The van der Waals surface area contributed by atoms with Gasteiger partial charge in [0, 0.05) is 38.3 Å². The molecule has 0 radical (unpaired) electrons. The minimum atomic E-state index is -0.417. The van der Waals surface area contributed by atoms with Crippen molar-refractivity contribution in [3.63, 3.8) is 0 Å². The van der Waals surface area contributed by atoms with E-state index in [0.717, 1.165) is 31.7 Å². The lowest BCUT2D eigenvalue weighted by molar-refractivity contribution is -0.121. The number of fused-ring (bicyclic) bond motifs is 1. The van der Waals surface area contributed by atoms with Crippen molar-refractivity contribution in [2.24, 2.45) is 0 Å². The van der Waals surface area contributed by atoms with Crippen LogP contribution in [0, 0.1) is 11.6 Å². The third-order valence-electron chi connectivity index (χ3n) is 4.66. The number of nitrogens with zero attached hydrogens (tertiary/aromatic N) is 2. The minimum Gasteiger partial charge on any atom is -0.479 e. The van der Waals surface area contributed by atoms with Crippen molar-refractivity contribution < 1.29 is 18.3 Å². The number of hydrogen-bond donors (Lipinski definition) is 1. The second kappa shape index (κ2) is 6.92. The molecular weight excluding hydrogens is 340 g/mol. The summed E-state index contributed by atoms with van der Waals surface area (Å²) in [6.45, 7) is 3.24. The van der Waals surface area contributed by atoms with E-state index in [-0.39, 0.29) is 24.9 Å². The Balaban J connectivity index is 1.71. The highest BCUT2D eigenvalue weighted by atomic mass is 19.1. The molecule has 0 saturated carbocycles. The van der Waals surface area contributed by atoms with Crippen molar-refractivity contribution in [1.29, 1.82) is 0 Å². The fraction of sp³-hybridized carbons (Fsp3) is 0.316. The van der Waals surface area contributed by atoms with Gasteiger partial charge < -0.3 is 19.9 Å². The van der Waals surface area contributed by atoms with Crippen molar-refractivity contribution in [3.05, 3.63) is 53.6 Å². The molecule has 136 valence electrons. The first-order valence-corrected chi connectivity index (χ1v) is 8.58. The zero-order valence-corrected chi connectivity index (χ0v) is 14.2. The number of nitrogens with one attached hydrogen (secondary N) is 1. The summed E-state index contributed by atoms with van der Waals surface area (Å²) in [7, 11) is 0. The van der Waals surface area contributed by atoms with E-state index in [1.54, 1.807) is 12.1 Å². The summed E-state index contributed by atoms with van der Waals surface area (Å²) in [4.78, 5) is 16.0. The van der Waals surface area contributed by atoms with Crippen LogP contribution in [0.25, 0.3) is 0 Å². The molecule has 2 aromatic carbocycles. The minimum absolute atomic E-state index is 0.0983. The Kier molecular flexibility index (Phi) is 4.46. The van der Waals surface area contributed by atoms with Gasteiger partial charge in [0.1, 0.15) is 11.6 Å². The first-order valence-electron chi connectivity index (χ1n) is 8.58. The van der Waals surface area contributed by atoms with Gasteiger partial charge in [0.15, 0.2) is 12.4 Å². The number of hydrogen-bond acceptors (Lipinski definition) is 4. The Morgan fingerprint density at radius 2 is 1.69 bits per heavy atom. The maximum absolute atomic E-state index is 14.3. The highest BCUT2D eigenvalue weighted by Gasteiger charge is 2.30. The summed E-state index contributed by atoms with van der Waals surface area (Å²) in [5.41, 5.74) is 1.85. The molecule has 2 aliphatic heterocycles. The van der Waals surface area contributed by atoms with Gasteiger partial charge in [0.25, 0.3) is 5.91 Å². The van der Waals surface area contributed by atoms with Gasteiger partial charge in [-0.3, -0.25) is 4.79 Å². The average molecular weight is 359 g/mol. The standard InChI is InChI=1S/C19H19F2N3O2/c20-14-3-1-13(2-4-14)11-24-17-10-15(21)9-16(19(17)26-12-18(24)25)23-7-5-22-6-8-23/h1-4,9-10,22H,5-8,11-12H2. The lowest BCUT2D eigenvalue weighted by atomic mass is 10.1. The van der Waals surface area contributed by atoms with Gasteiger partial charge >= 0.3 is 0 Å². The topological polar surface area (TPSA) is 44.8 Å².